The third-order valence-electron chi connectivity index (χ3n) is 11.9. The highest BCUT2D eigenvalue weighted by atomic mass is 15.3. The number of hydrogen-bond donors (Lipinski definition) is 0. The Balaban J connectivity index is 4.25. The number of unbranched alkanes of at least 4 members (excludes halogenated alkanes) is 36. The van der Waals surface area contributed by atoms with Crippen LogP contribution in [0.1, 0.15) is 285 Å². The number of nitrogens with zero attached hydrogens (tertiary/aromatic N) is 1. The van der Waals surface area contributed by atoms with E-state index in [0.717, 1.165) is 0 Å². The van der Waals surface area contributed by atoms with Crippen LogP contribution < -0.4 is 0 Å². The van der Waals surface area contributed by atoms with Crippen molar-refractivity contribution in [3.8, 4) is 0 Å². The van der Waals surface area contributed by atoms with Gasteiger partial charge in [0.2, 0.25) is 0 Å². The van der Waals surface area contributed by atoms with Gasteiger partial charge in [0.1, 0.15) is 0 Å². The number of quaternary nitrogens is 1. The molecular weight excluding hydrogens is 591 g/mol. The third-order valence-corrected chi connectivity index (χ3v) is 11.9. The van der Waals surface area contributed by atoms with E-state index in [-0.39, 0.29) is 0 Å². The van der Waals surface area contributed by atoms with Crippen molar-refractivity contribution in [2.24, 2.45) is 0 Å². The summed E-state index contributed by atoms with van der Waals surface area (Å²) in [5, 5.41) is 0. The van der Waals surface area contributed by atoms with Gasteiger partial charge in [-0.25, -0.2) is 0 Å². The van der Waals surface area contributed by atoms with Gasteiger partial charge < -0.3 is 4.48 Å². The molecule has 296 valence electrons. The van der Waals surface area contributed by atoms with Crippen LogP contribution in [0.15, 0.2) is 0 Å². The SMILES string of the molecule is CCCCCCCCCCCCCCCCCC[N+](CCCCCC)(CCCCCC)CCCCCCCCCCCCCCCCCC. The Morgan fingerprint density at radius 1 is 0.163 bits per heavy atom. The molecule has 0 aromatic rings. The van der Waals surface area contributed by atoms with Gasteiger partial charge in [-0.2, -0.15) is 0 Å². The second-order valence-corrected chi connectivity index (χ2v) is 17.0. The van der Waals surface area contributed by atoms with Crippen molar-refractivity contribution in [2.75, 3.05) is 26.2 Å². The molecule has 0 bridgehead atoms. The van der Waals surface area contributed by atoms with Crippen molar-refractivity contribution < 1.29 is 4.48 Å². The lowest BCUT2D eigenvalue weighted by atomic mass is 10.0. The third kappa shape index (κ3) is 37.5. The quantitative estimate of drug-likeness (QED) is 0.0441. The molecule has 0 spiro atoms. The summed E-state index contributed by atoms with van der Waals surface area (Å²) in [6, 6.07) is 0. The summed E-state index contributed by atoms with van der Waals surface area (Å²) >= 11 is 0. The Kier molecular flexibility index (Phi) is 42.3. The predicted molar refractivity (Wildman–Crippen MR) is 227 cm³/mol. The van der Waals surface area contributed by atoms with Gasteiger partial charge in [-0.05, 0) is 51.4 Å². The van der Waals surface area contributed by atoms with Crippen LogP contribution in [0.3, 0.4) is 0 Å². The first-order chi connectivity index (χ1) is 24.2. The smallest absolute Gasteiger partial charge is 0.0786 e. The fourth-order valence-electron chi connectivity index (χ4n) is 8.41. The van der Waals surface area contributed by atoms with Crippen molar-refractivity contribution in [3.63, 3.8) is 0 Å². The van der Waals surface area contributed by atoms with E-state index in [4.69, 9.17) is 0 Å². The molecule has 0 aliphatic rings. The molecule has 0 saturated carbocycles. The van der Waals surface area contributed by atoms with Gasteiger partial charge in [-0.1, -0.05) is 233 Å². The first kappa shape index (κ1) is 49.0. The van der Waals surface area contributed by atoms with Crippen molar-refractivity contribution in [1.29, 1.82) is 0 Å². The molecule has 0 aromatic carbocycles. The molecule has 1 heteroatoms. The van der Waals surface area contributed by atoms with Gasteiger partial charge in [-0.15, -0.1) is 0 Å². The topological polar surface area (TPSA) is 0 Å². The van der Waals surface area contributed by atoms with E-state index in [1.165, 1.54) is 287 Å². The highest BCUT2D eigenvalue weighted by Gasteiger charge is 2.25. The lowest BCUT2D eigenvalue weighted by Gasteiger charge is -2.39. The maximum absolute atomic E-state index is 2.37. The maximum Gasteiger partial charge on any atom is 0.0786 e. The molecule has 1 nitrogen and oxygen atoms in total. The van der Waals surface area contributed by atoms with Gasteiger partial charge in [0.25, 0.3) is 0 Å². The minimum atomic E-state index is 1.37. The molecule has 0 atom stereocenters. The molecule has 0 radical (unpaired) electrons. The van der Waals surface area contributed by atoms with E-state index in [0.29, 0.717) is 0 Å². The molecule has 0 aliphatic heterocycles. The van der Waals surface area contributed by atoms with Crippen LogP contribution in [-0.4, -0.2) is 30.7 Å². The zero-order valence-electron chi connectivity index (χ0n) is 35.6. The summed E-state index contributed by atoms with van der Waals surface area (Å²) < 4.78 is 1.48. The molecule has 49 heavy (non-hydrogen) atoms. The Morgan fingerprint density at radius 3 is 0.449 bits per heavy atom. The standard InChI is InChI=1S/C48H100N/c1-5-9-13-17-19-21-23-25-27-29-31-33-35-37-39-43-47-49(45-41-15-11-7-3,46-42-16-12-8-4)48-44-40-38-36-34-32-30-28-26-24-22-20-18-14-10-6-2/h5-48H2,1-4H3/q+1. The molecule has 0 fully saturated rings. The molecule has 0 aromatic heterocycles. The average molecular weight is 691 g/mol. The van der Waals surface area contributed by atoms with Crippen LogP contribution in [0.4, 0.5) is 0 Å². The highest BCUT2D eigenvalue weighted by molar-refractivity contribution is 4.56. The normalized spacial score (nSPS) is 12.0. The lowest BCUT2D eigenvalue weighted by molar-refractivity contribution is -0.929. The first-order valence-corrected chi connectivity index (χ1v) is 24.1. The molecule has 0 saturated heterocycles. The largest absolute Gasteiger partial charge is 0.324 e. The fourth-order valence-corrected chi connectivity index (χ4v) is 8.41. The molecule has 0 heterocycles. The first-order valence-electron chi connectivity index (χ1n) is 24.1. The van der Waals surface area contributed by atoms with Crippen LogP contribution >= 0.6 is 0 Å². The summed E-state index contributed by atoms with van der Waals surface area (Å²) in [7, 11) is 0. The predicted octanol–water partition coefficient (Wildman–Crippen LogP) is 17.5. The van der Waals surface area contributed by atoms with E-state index < -0.39 is 0 Å². The fraction of sp³-hybridized carbons (Fsp3) is 1.00. The van der Waals surface area contributed by atoms with Crippen molar-refractivity contribution >= 4 is 0 Å². The second-order valence-electron chi connectivity index (χ2n) is 17.0. The number of hydrogen-bond acceptors (Lipinski definition) is 0. The van der Waals surface area contributed by atoms with Crippen LogP contribution in [0.2, 0.25) is 0 Å². The van der Waals surface area contributed by atoms with Crippen LogP contribution in [0, 0.1) is 0 Å². The molecular formula is C48H100N+. The van der Waals surface area contributed by atoms with E-state index >= 15 is 0 Å². The zero-order chi connectivity index (χ0) is 35.6. The van der Waals surface area contributed by atoms with Gasteiger partial charge in [0.15, 0.2) is 0 Å². The highest BCUT2D eigenvalue weighted by Crippen LogP contribution is 2.21. The molecule has 0 amide bonds. The van der Waals surface area contributed by atoms with Crippen molar-refractivity contribution in [3.05, 3.63) is 0 Å². The van der Waals surface area contributed by atoms with Crippen LogP contribution in [0.5, 0.6) is 0 Å². The second kappa shape index (κ2) is 42.4. The Hall–Kier alpha value is -0.0400. The Morgan fingerprint density at radius 2 is 0.286 bits per heavy atom. The maximum atomic E-state index is 2.37. The van der Waals surface area contributed by atoms with E-state index in [1.807, 2.05) is 0 Å². The van der Waals surface area contributed by atoms with Gasteiger partial charge >= 0.3 is 0 Å². The Bertz CT molecular complexity index is 519. The van der Waals surface area contributed by atoms with E-state index in [2.05, 4.69) is 27.7 Å². The minimum absolute atomic E-state index is 1.37. The lowest BCUT2D eigenvalue weighted by Crippen LogP contribution is -2.50. The molecule has 0 rings (SSSR count). The van der Waals surface area contributed by atoms with Gasteiger partial charge in [0.05, 0.1) is 26.2 Å². The molecule has 0 unspecified atom stereocenters. The van der Waals surface area contributed by atoms with E-state index in [1.54, 1.807) is 0 Å². The zero-order valence-corrected chi connectivity index (χ0v) is 35.6. The van der Waals surface area contributed by atoms with Crippen molar-refractivity contribution in [1.82, 2.24) is 0 Å². The van der Waals surface area contributed by atoms with Crippen LogP contribution in [-0.2, 0) is 0 Å². The van der Waals surface area contributed by atoms with Gasteiger partial charge in [0, 0.05) is 0 Å². The van der Waals surface area contributed by atoms with Gasteiger partial charge in [-0.3, -0.25) is 0 Å². The summed E-state index contributed by atoms with van der Waals surface area (Å²) in [5.41, 5.74) is 0. The summed E-state index contributed by atoms with van der Waals surface area (Å²) in [6.07, 6.45) is 58.7. The van der Waals surface area contributed by atoms with E-state index in [9.17, 15) is 0 Å². The molecule has 0 aliphatic carbocycles. The molecule has 0 N–H and O–H groups in total. The summed E-state index contributed by atoms with van der Waals surface area (Å²) in [5.74, 6) is 0. The summed E-state index contributed by atoms with van der Waals surface area (Å²) in [4.78, 5) is 0. The van der Waals surface area contributed by atoms with Crippen molar-refractivity contribution in [2.45, 2.75) is 285 Å². The minimum Gasteiger partial charge on any atom is -0.324 e. The Labute approximate surface area is 314 Å². The average Bonchev–Trinajstić information content (AvgIpc) is 3.11. The summed E-state index contributed by atoms with van der Waals surface area (Å²) in [6.45, 7) is 15.3. The monoisotopic (exact) mass is 691 g/mol. The number of rotatable bonds is 44. The van der Waals surface area contributed by atoms with Crippen LogP contribution in [0.25, 0.3) is 0 Å².